The number of hydrogen-bond acceptors (Lipinski definition) is 4. The van der Waals surface area contributed by atoms with Crippen LogP contribution in [0.25, 0.3) is 0 Å². The molecule has 0 bridgehead atoms. The molecule has 0 fully saturated rings. The SMILES string of the molecule is COc1cc(C#N)ccc1OCCCC(=O)Nc1cccc(F)c1F. The van der Waals surface area contributed by atoms with Crippen molar-refractivity contribution in [1.82, 2.24) is 0 Å². The van der Waals surface area contributed by atoms with Gasteiger partial charge in [-0.25, -0.2) is 8.78 Å². The number of carbonyl (C=O) groups is 1. The fourth-order valence-corrected chi connectivity index (χ4v) is 2.08. The summed E-state index contributed by atoms with van der Waals surface area (Å²) in [6, 6.07) is 10.3. The maximum absolute atomic E-state index is 13.5. The monoisotopic (exact) mass is 346 g/mol. The number of hydrogen-bond donors (Lipinski definition) is 1. The fourth-order valence-electron chi connectivity index (χ4n) is 2.08. The van der Waals surface area contributed by atoms with E-state index in [9.17, 15) is 13.6 Å². The van der Waals surface area contributed by atoms with Gasteiger partial charge in [-0.05, 0) is 30.7 Å². The number of carbonyl (C=O) groups excluding carboxylic acids is 1. The van der Waals surface area contributed by atoms with Gasteiger partial charge < -0.3 is 14.8 Å². The van der Waals surface area contributed by atoms with Crippen LogP contribution in [0.5, 0.6) is 11.5 Å². The lowest BCUT2D eigenvalue weighted by Gasteiger charge is -2.11. The van der Waals surface area contributed by atoms with E-state index in [0.29, 0.717) is 23.5 Å². The number of anilines is 1. The molecule has 0 radical (unpaired) electrons. The minimum Gasteiger partial charge on any atom is -0.493 e. The molecule has 25 heavy (non-hydrogen) atoms. The molecule has 0 saturated carbocycles. The van der Waals surface area contributed by atoms with Crippen LogP contribution in [0.2, 0.25) is 0 Å². The molecule has 0 aliphatic rings. The van der Waals surface area contributed by atoms with Gasteiger partial charge in [-0.2, -0.15) is 5.26 Å². The van der Waals surface area contributed by atoms with E-state index in [1.807, 2.05) is 6.07 Å². The van der Waals surface area contributed by atoms with Crippen molar-refractivity contribution < 1.29 is 23.0 Å². The third-order valence-electron chi connectivity index (χ3n) is 3.32. The Kier molecular flexibility index (Phi) is 6.29. The summed E-state index contributed by atoms with van der Waals surface area (Å²) >= 11 is 0. The Hall–Kier alpha value is -3.14. The maximum atomic E-state index is 13.5. The number of methoxy groups -OCH3 is 1. The summed E-state index contributed by atoms with van der Waals surface area (Å²) in [5.74, 6) is -1.67. The van der Waals surface area contributed by atoms with Gasteiger partial charge in [-0.3, -0.25) is 4.79 Å². The van der Waals surface area contributed by atoms with Crippen molar-refractivity contribution in [1.29, 1.82) is 5.26 Å². The summed E-state index contributed by atoms with van der Waals surface area (Å²) in [5, 5.41) is 11.2. The molecule has 1 amide bonds. The molecular weight excluding hydrogens is 330 g/mol. The van der Waals surface area contributed by atoms with Gasteiger partial charge in [-0.15, -0.1) is 0 Å². The van der Waals surface area contributed by atoms with Crippen molar-refractivity contribution in [3.63, 3.8) is 0 Å². The van der Waals surface area contributed by atoms with E-state index < -0.39 is 17.5 Å². The van der Waals surface area contributed by atoms with Crippen molar-refractivity contribution >= 4 is 11.6 Å². The first-order chi connectivity index (χ1) is 12.0. The average molecular weight is 346 g/mol. The first kappa shape index (κ1) is 18.2. The van der Waals surface area contributed by atoms with Crippen LogP contribution in [-0.4, -0.2) is 19.6 Å². The number of nitrogens with one attached hydrogen (secondary N) is 1. The first-order valence-corrected chi connectivity index (χ1v) is 7.50. The van der Waals surface area contributed by atoms with E-state index in [1.54, 1.807) is 18.2 Å². The molecule has 1 N–H and O–H groups in total. The maximum Gasteiger partial charge on any atom is 0.224 e. The Morgan fingerprint density at radius 3 is 2.76 bits per heavy atom. The van der Waals surface area contributed by atoms with E-state index in [-0.39, 0.29) is 18.7 Å². The molecule has 0 atom stereocenters. The van der Waals surface area contributed by atoms with Crippen molar-refractivity contribution in [2.75, 3.05) is 19.0 Å². The summed E-state index contributed by atoms with van der Waals surface area (Å²) in [6.07, 6.45) is 0.445. The van der Waals surface area contributed by atoms with Crippen LogP contribution >= 0.6 is 0 Å². The van der Waals surface area contributed by atoms with Gasteiger partial charge in [0.15, 0.2) is 23.1 Å². The van der Waals surface area contributed by atoms with Crippen molar-refractivity contribution in [2.24, 2.45) is 0 Å². The third kappa shape index (κ3) is 4.91. The van der Waals surface area contributed by atoms with Gasteiger partial charge >= 0.3 is 0 Å². The largest absolute Gasteiger partial charge is 0.493 e. The molecule has 2 aromatic carbocycles. The van der Waals surface area contributed by atoms with Crippen molar-refractivity contribution in [3.05, 3.63) is 53.6 Å². The number of ether oxygens (including phenoxy) is 2. The average Bonchev–Trinajstić information content (AvgIpc) is 2.62. The zero-order chi connectivity index (χ0) is 18.2. The second-order valence-corrected chi connectivity index (χ2v) is 5.08. The molecule has 0 spiro atoms. The highest BCUT2D eigenvalue weighted by molar-refractivity contribution is 5.90. The van der Waals surface area contributed by atoms with Gasteiger partial charge in [0.25, 0.3) is 0 Å². The topological polar surface area (TPSA) is 71.3 Å². The lowest BCUT2D eigenvalue weighted by Crippen LogP contribution is -2.14. The Morgan fingerprint density at radius 2 is 2.04 bits per heavy atom. The van der Waals surface area contributed by atoms with Crippen LogP contribution in [0.15, 0.2) is 36.4 Å². The van der Waals surface area contributed by atoms with Crippen molar-refractivity contribution in [3.8, 4) is 17.6 Å². The van der Waals surface area contributed by atoms with Crippen LogP contribution in [0.4, 0.5) is 14.5 Å². The van der Waals surface area contributed by atoms with Crippen molar-refractivity contribution in [2.45, 2.75) is 12.8 Å². The van der Waals surface area contributed by atoms with Gasteiger partial charge in [0.05, 0.1) is 31.0 Å². The van der Waals surface area contributed by atoms with Crippen LogP contribution < -0.4 is 14.8 Å². The Morgan fingerprint density at radius 1 is 1.24 bits per heavy atom. The van der Waals surface area contributed by atoms with E-state index >= 15 is 0 Å². The lowest BCUT2D eigenvalue weighted by molar-refractivity contribution is -0.116. The molecule has 0 saturated heterocycles. The number of nitrogens with zero attached hydrogens (tertiary/aromatic N) is 1. The van der Waals surface area contributed by atoms with E-state index in [2.05, 4.69) is 5.32 Å². The summed E-state index contributed by atoms with van der Waals surface area (Å²) in [6.45, 7) is 0.224. The molecule has 0 heterocycles. The standard InChI is InChI=1S/C18H16F2N2O3/c1-24-16-10-12(11-21)7-8-15(16)25-9-3-6-17(23)22-14-5-2-4-13(19)18(14)20/h2,4-5,7-8,10H,3,6,9H2,1H3,(H,22,23). The third-order valence-corrected chi connectivity index (χ3v) is 3.32. The van der Waals surface area contributed by atoms with E-state index in [1.165, 1.54) is 19.2 Å². The van der Waals surface area contributed by atoms with Crippen LogP contribution in [0.3, 0.4) is 0 Å². The normalized spacial score (nSPS) is 10.0. The lowest BCUT2D eigenvalue weighted by atomic mass is 10.2. The molecule has 5 nitrogen and oxygen atoms in total. The summed E-state index contributed by atoms with van der Waals surface area (Å²) in [4.78, 5) is 11.8. The minimum absolute atomic E-state index is 0.0779. The molecule has 0 unspecified atom stereocenters. The van der Waals surface area contributed by atoms with Crippen LogP contribution in [0.1, 0.15) is 18.4 Å². The highest BCUT2D eigenvalue weighted by Crippen LogP contribution is 2.28. The van der Waals surface area contributed by atoms with Gasteiger partial charge in [-0.1, -0.05) is 6.07 Å². The highest BCUT2D eigenvalue weighted by Gasteiger charge is 2.11. The molecule has 0 aromatic heterocycles. The first-order valence-electron chi connectivity index (χ1n) is 7.50. The Bertz CT molecular complexity index is 803. The second kappa shape index (κ2) is 8.64. The number of rotatable bonds is 7. The molecule has 2 aromatic rings. The summed E-state index contributed by atoms with van der Waals surface area (Å²) in [7, 11) is 1.46. The zero-order valence-corrected chi connectivity index (χ0v) is 13.5. The predicted octanol–water partition coefficient (Wildman–Crippen LogP) is 3.64. The minimum atomic E-state index is -1.09. The molecule has 0 aliphatic heterocycles. The van der Waals surface area contributed by atoms with Crippen LogP contribution in [0, 0.1) is 23.0 Å². The number of benzene rings is 2. The molecule has 2 rings (SSSR count). The molecule has 0 aliphatic carbocycles. The van der Waals surface area contributed by atoms with Gasteiger partial charge in [0, 0.05) is 12.5 Å². The summed E-state index contributed by atoms with van der Waals surface area (Å²) < 4.78 is 37.2. The van der Waals surface area contributed by atoms with Crippen LogP contribution in [-0.2, 0) is 4.79 Å². The van der Waals surface area contributed by atoms with E-state index in [0.717, 1.165) is 6.07 Å². The molecule has 130 valence electrons. The quantitative estimate of drug-likeness (QED) is 0.777. The molecular formula is C18H16F2N2O3. The fraction of sp³-hybridized carbons (Fsp3) is 0.222. The number of halogens is 2. The van der Waals surface area contributed by atoms with Gasteiger partial charge in [0.1, 0.15) is 0 Å². The zero-order valence-electron chi connectivity index (χ0n) is 13.5. The predicted molar refractivity (Wildman–Crippen MR) is 87.4 cm³/mol. The highest BCUT2D eigenvalue weighted by atomic mass is 19.2. The molecule has 7 heteroatoms. The summed E-state index contributed by atoms with van der Waals surface area (Å²) in [5.41, 5.74) is 0.250. The Balaban J connectivity index is 1.82. The van der Waals surface area contributed by atoms with Gasteiger partial charge in [0.2, 0.25) is 5.91 Å². The Labute approximate surface area is 143 Å². The smallest absolute Gasteiger partial charge is 0.224 e. The second-order valence-electron chi connectivity index (χ2n) is 5.08. The number of nitriles is 1. The number of amides is 1. The van der Waals surface area contributed by atoms with E-state index in [4.69, 9.17) is 14.7 Å².